The highest BCUT2D eigenvalue weighted by Gasteiger charge is 2.29. The highest BCUT2D eigenvalue weighted by molar-refractivity contribution is 8.03. The van der Waals surface area contributed by atoms with Gasteiger partial charge in [-0.3, -0.25) is 4.79 Å². The molecule has 2 aromatic rings. The maximum atomic E-state index is 12.1. The van der Waals surface area contributed by atoms with E-state index in [1.165, 1.54) is 11.8 Å². The number of ether oxygens (including phenoxy) is 1. The second-order valence-electron chi connectivity index (χ2n) is 5.58. The van der Waals surface area contributed by atoms with Crippen LogP contribution in [-0.2, 0) is 4.79 Å². The van der Waals surface area contributed by atoms with Crippen LogP contribution in [0.15, 0.2) is 71.3 Å². The van der Waals surface area contributed by atoms with E-state index in [0.717, 1.165) is 11.3 Å². The number of nitrogens with one attached hydrogen (secondary N) is 1. The maximum absolute atomic E-state index is 12.1. The molecule has 1 atom stereocenters. The number of para-hydroxylation sites is 1. The van der Waals surface area contributed by atoms with Crippen molar-refractivity contribution >= 4 is 17.7 Å². The molecule has 0 radical (unpaired) electrons. The van der Waals surface area contributed by atoms with Crippen LogP contribution in [0.1, 0.15) is 17.9 Å². The van der Waals surface area contributed by atoms with Crippen LogP contribution in [-0.4, -0.2) is 18.3 Å². The number of nitriles is 1. The topological polar surface area (TPSA) is 62.1 Å². The van der Waals surface area contributed by atoms with Crippen molar-refractivity contribution in [3.63, 3.8) is 0 Å². The molecule has 0 aliphatic carbocycles. The molecule has 0 fully saturated rings. The minimum Gasteiger partial charge on any atom is -0.493 e. The Bertz CT molecular complexity index is 797. The first-order valence-corrected chi connectivity index (χ1v) is 9.06. The van der Waals surface area contributed by atoms with Gasteiger partial charge in [-0.25, -0.2) is 0 Å². The molecule has 126 valence electrons. The molecule has 3 rings (SSSR count). The molecule has 0 bridgehead atoms. The molecule has 1 amide bonds. The third-order valence-corrected chi connectivity index (χ3v) is 4.88. The number of thioether (sulfide) groups is 1. The van der Waals surface area contributed by atoms with E-state index in [4.69, 9.17) is 4.74 Å². The van der Waals surface area contributed by atoms with E-state index in [0.29, 0.717) is 29.4 Å². The lowest BCUT2D eigenvalue weighted by Gasteiger charge is -2.25. The molecular weight excluding hydrogens is 332 g/mol. The fraction of sp³-hybridized carbons (Fsp3) is 0.200. The number of nitrogens with zero attached hydrogens (tertiary/aromatic N) is 1. The SMILES string of the molecule is N#CC1=C(SCCOc2ccccc2)NC(=O)C[C@@H]1c1ccccc1. The highest BCUT2D eigenvalue weighted by atomic mass is 32.2. The van der Waals surface area contributed by atoms with Crippen molar-refractivity contribution in [2.75, 3.05) is 12.4 Å². The maximum Gasteiger partial charge on any atom is 0.225 e. The first-order chi connectivity index (χ1) is 12.3. The summed E-state index contributed by atoms with van der Waals surface area (Å²) >= 11 is 1.45. The molecule has 1 aliphatic heterocycles. The van der Waals surface area contributed by atoms with Gasteiger partial charge in [-0.15, -0.1) is 11.8 Å². The van der Waals surface area contributed by atoms with Crippen LogP contribution in [0.4, 0.5) is 0 Å². The number of carbonyl (C=O) groups is 1. The van der Waals surface area contributed by atoms with E-state index in [1.54, 1.807) is 0 Å². The summed E-state index contributed by atoms with van der Waals surface area (Å²) in [6.45, 7) is 0.503. The van der Waals surface area contributed by atoms with Crippen molar-refractivity contribution in [2.45, 2.75) is 12.3 Å². The molecule has 1 N–H and O–H groups in total. The van der Waals surface area contributed by atoms with Crippen LogP contribution in [0.5, 0.6) is 5.75 Å². The van der Waals surface area contributed by atoms with Crippen LogP contribution in [0.3, 0.4) is 0 Å². The Labute approximate surface area is 151 Å². The van der Waals surface area contributed by atoms with Crippen molar-refractivity contribution < 1.29 is 9.53 Å². The molecule has 1 aliphatic rings. The lowest BCUT2D eigenvalue weighted by atomic mass is 9.87. The number of benzene rings is 2. The van der Waals surface area contributed by atoms with E-state index >= 15 is 0 Å². The third-order valence-electron chi connectivity index (χ3n) is 3.90. The Hall–Kier alpha value is -2.71. The van der Waals surface area contributed by atoms with Crippen molar-refractivity contribution in [2.24, 2.45) is 0 Å². The Morgan fingerprint density at radius 3 is 2.48 bits per heavy atom. The van der Waals surface area contributed by atoms with Gasteiger partial charge in [0.15, 0.2) is 0 Å². The molecule has 0 unspecified atom stereocenters. The zero-order valence-corrected chi connectivity index (χ0v) is 14.5. The number of hydrogen-bond donors (Lipinski definition) is 1. The minimum absolute atomic E-state index is 0.0562. The molecular formula is C20H18N2O2S. The lowest BCUT2D eigenvalue weighted by molar-refractivity contribution is -0.120. The van der Waals surface area contributed by atoms with E-state index in [9.17, 15) is 10.1 Å². The first-order valence-electron chi connectivity index (χ1n) is 8.07. The van der Waals surface area contributed by atoms with Gasteiger partial charge in [0.1, 0.15) is 5.75 Å². The predicted octanol–water partition coefficient (Wildman–Crippen LogP) is 3.84. The van der Waals surface area contributed by atoms with Crippen LogP contribution in [0.2, 0.25) is 0 Å². The predicted molar refractivity (Wildman–Crippen MR) is 99.0 cm³/mol. The van der Waals surface area contributed by atoms with Gasteiger partial charge < -0.3 is 10.1 Å². The van der Waals surface area contributed by atoms with E-state index in [-0.39, 0.29) is 11.8 Å². The van der Waals surface area contributed by atoms with Crippen LogP contribution in [0, 0.1) is 11.3 Å². The normalized spacial score (nSPS) is 16.9. The van der Waals surface area contributed by atoms with Crippen molar-refractivity contribution in [1.29, 1.82) is 5.26 Å². The molecule has 1 heterocycles. The van der Waals surface area contributed by atoms with E-state index < -0.39 is 0 Å². The van der Waals surface area contributed by atoms with Gasteiger partial charge in [0, 0.05) is 18.1 Å². The van der Waals surface area contributed by atoms with Gasteiger partial charge in [0.25, 0.3) is 0 Å². The molecule has 4 nitrogen and oxygen atoms in total. The monoisotopic (exact) mass is 350 g/mol. The first kappa shape index (κ1) is 17.1. The van der Waals surface area contributed by atoms with Crippen LogP contribution in [0.25, 0.3) is 0 Å². The van der Waals surface area contributed by atoms with E-state index in [2.05, 4.69) is 11.4 Å². The quantitative estimate of drug-likeness (QED) is 0.804. The van der Waals surface area contributed by atoms with Gasteiger partial charge in [0.05, 0.1) is 23.3 Å². The van der Waals surface area contributed by atoms with Gasteiger partial charge >= 0.3 is 0 Å². The molecule has 25 heavy (non-hydrogen) atoms. The number of carbonyl (C=O) groups excluding carboxylic acids is 1. The van der Waals surface area contributed by atoms with Gasteiger partial charge in [-0.1, -0.05) is 48.5 Å². The Morgan fingerprint density at radius 1 is 1.12 bits per heavy atom. The summed E-state index contributed by atoms with van der Waals surface area (Å²) in [5, 5.41) is 13.1. The molecule has 0 aromatic heterocycles. The molecule has 0 saturated carbocycles. The number of allylic oxidation sites excluding steroid dienone is 1. The van der Waals surface area contributed by atoms with Gasteiger partial charge in [-0.2, -0.15) is 5.26 Å². The standard InChI is InChI=1S/C20H18N2O2S/c21-14-18-17(15-7-3-1-4-8-15)13-19(23)22-20(18)25-12-11-24-16-9-5-2-6-10-16/h1-10,17H,11-13H2,(H,22,23)/t17-/m1/s1. The molecule has 0 saturated heterocycles. The number of hydrogen-bond acceptors (Lipinski definition) is 4. The summed E-state index contributed by atoms with van der Waals surface area (Å²) in [5.74, 6) is 1.22. The fourth-order valence-corrected chi connectivity index (χ4v) is 3.62. The summed E-state index contributed by atoms with van der Waals surface area (Å²) in [7, 11) is 0. The second kappa shape index (κ2) is 8.41. The Morgan fingerprint density at radius 2 is 1.80 bits per heavy atom. The minimum atomic E-state index is -0.183. The largest absolute Gasteiger partial charge is 0.493 e. The van der Waals surface area contributed by atoms with Crippen LogP contribution >= 0.6 is 11.8 Å². The Kier molecular flexibility index (Phi) is 5.76. The Balaban J connectivity index is 1.68. The molecule has 0 spiro atoms. The number of amides is 1. The highest BCUT2D eigenvalue weighted by Crippen LogP contribution is 2.35. The van der Waals surface area contributed by atoms with Crippen molar-refractivity contribution in [3.8, 4) is 11.8 Å². The van der Waals surface area contributed by atoms with Gasteiger partial charge in [0.2, 0.25) is 5.91 Å². The summed E-state index contributed by atoms with van der Waals surface area (Å²) in [6.07, 6.45) is 0.303. The lowest BCUT2D eigenvalue weighted by Crippen LogP contribution is -2.31. The third kappa shape index (κ3) is 4.43. The smallest absolute Gasteiger partial charge is 0.225 e. The molecule has 5 heteroatoms. The zero-order valence-electron chi connectivity index (χ0n) is 13.6. The fourth-order valence-electron chi connectivity index (χ4n) is 2.72. The van der Waals surface area contributed by atoms with E-state index in [1.807, 2.05) is 60.7 Å². The summed E-state index contributed by atoms with van der Waals surface area (Å²) < 4.78 is 5.67. The zero-order chi connectivity index (χ0) is 17.5. The summed E-state index contributed by atoms with van der Waals surface area (Å²) in [5.41, 5.74) is 1.61. The number of rotatable bonds is 6. The average molecular weight is 350 g/mol. The molecule has 2 aromatic carbocycles. The average Bonchev–Trinajstić information content (AvgIpc) is 2.66. The van der Waals surface area contributed by atoms with Crippen molar-refractivity contribution in [1.82, 2.24) is 5.32 Å². The van der Waals surface area contributed by atoms with Gasteiger partial charge in [-0.05, 0) is 17.7 Å². The van der Waals surface area contributed by atoms with Crippen LogP contribution < -0.4 is 10.1 Å². The van der Waals surface area contributed by atoms with Crippen molar-refractivity contribution in [3.05, 3.63) is 76.8 Å². The summed E-state index contributed by atoms with van der Waals surface area (Å²) in [6, 6.07) is 21.6. The summed E-state index contributed by atoms with van der Waals surface area (Å²) in [4.78, 5) is 12.1. The second-order valence-corrected chi connectivity index (χ2v) is 6.69.